The number of hydrogen-bond donors (Lipinski definition) is 2. The van der Waals surface area contributed by atoms with Crippen LogP contribution in [0, 0.1) is 0 Å². The summed E-state index contributed by atoms with van der Waals surface area (Å²) in [5.74, 6) is 0.813. The number of benzene rings is 2. The lowest BCUT2D eigenvalue weighted by molar-refractivity contribution is 0.203. The van der Waals surface area contributed by atoms with Crippen molar-refractivity contribution in [2.24, 2.45) is 0 Å². The normalized spacial score (nSPS) is 11.2. The fraction of sp³-hybridized carbons (Fsp3) is 0.120. The number of amides is 2. The third kappa shape index (κ3) is 6.07. The van der Waals surface area contributed by atoms with Crippen LogP contribution >= 0.6 is 0 Å². The maximum atomic E-state index is 12.0. The highest BCUT2D eigenvalue weighted by atomic mass is 16.5. The Morgan fingerprint density at radius 3 is 2.47 bits per heavy atom. The van der Waals surface area contributed by atoms with Crippen molar-refractivity contribution in [3.05, 3.63) is 114 Å². The number of ether oxygens (including phenoxy) is 1. The van der Waals surface area contributed by atoms with Gasteiger partial charge in [0.1, 0.15) is 12.4 Å². The van der Waals surface area contributed by atoms with E-state index in [1.165, 1.54) is 0 Å². The lowest BCUT2D eigenvalue weighted by atomic mass is 10.1. The van der Waals surface area contributed by atoms with E-state index in [0.29, 0.717) is 18.8 Å². The summed E-state index contributed by atoms with van der Waals surface area (Å²) in [5, 5.41) is 5.63. The van der Waals surface area contributed by atoms with Gasteiger partial charge in [-0.2, -0.15) is 0 Å². The van der Waals surface area contributed by atoms with Gasteiger partial charge in [0.25, 0.3) is 0 Å². The molecule has 152 valence electrons. The smallest absolute Gasteiger partial charge is 0.319 e. The fourth-order valence-electron chi connectivity index (χ4n) is 2.90. The molecule has 0 saturated carbocycles. The Morgan fingerprint density at radius 1 is 1.03 bits per heavy atom. The van der Waals surface area contributed by atoms with E-state index in [2.05, 4.69) is 22.2 Å². The third-order valence-corrected chi connectivity index (χ3v) is 4.51. The molecule has 0 aliphatic rings. The van der Waals surface area contributed by atoms with Crippen LogP contribution in [0.15, 0.2) is 97.5 Å². The van der Waals surface area contributed by atoms with Crippen LogP contribution in [0.3, 0.4) is 0 Å². The van der Waals surface area contributed by atoms with Gasteiger partial charge in [-0.15, -0.1) is 0 Å². The first kappa shape index (κ1) is 20.9. The molecular weight excluding hydrogens is 374 g/mol. The van der Waals surface area contributed by atoms with E-state index < -0.39 is 0 Å². The van der Waals surface area contributed by atoms with Gasteiger partial charge < -0.3 is 15.4 Å². The molecule has 0 fully saturated rings. The molecule has 0 saturated heterocycles. The lowest BCUT2D eigenvalue weighted by Gasteiger charge is -2.12. The Bertz CT molecular complexity index is 998. The van der Waals surface area contributed by atoms with Crippen molar-refractivity contribution in [3.63, 3.8) is 0 Å². The van der Waals surface area contributed by atoms with Gasteiger partial charge in [0.15, 0.2) is 0 Å². The Morgan fingerprint density at radius 2 is 1.80 bits per heavy atom. The van der Waals surface area contributed by atoms with Crippen LogP contribution in [0.1, 0.15) is 23.6 Å². The monoisotopic (exact) mass is 399 g/mol. The van der Waals surface area contributed by atoms with Crippen LogP contribution in [0.4, 0.5) is 10.5 Å². The Labute approximate surface area is 177 Å². The summed E-state index contributed by atoms with van der Waals surface area (Å²) in [6, 6.07) is 21.1. The highest BCUT2D eigenvalue weighted by Crippen LogP contribution is 2.21. The van der Waals surface area contributed by atoms with Crippen molar-refractivity contribution in [1.29, 1.82) is 0 Å². The molecule has 0 spiro atoms. The second-order valence-electron chi connectivity index (χ2n) is 6.69. The highest BCUT2D eigenvalue weighted by molar-refractivity contribution is 5.89. The van der Waals surface area contributed by atoms with Crippen molar-refractivity contribution >= 4 is 17.3 Å². The van der Waals surface area contributed by atoms with Crippen LogP contribution in [0.2, 0.25) is 0 Å². The van der Waals surface area contributed by atoms with E-state index >= 15 is 0 Å². The molecule has 0 atom stereocenters. The molecule has 2 amide bonds. The number of urea groups is 1. The van der Waals surface area contributed by atoms with Gasteiger partial charge in [-0.3, -0.25) is 4.98 Å². The van der Waals surface area contributed by atoms with Crippen LogP contribution < -0.4 is 10.6 Å². The summed E-state index contributed by atoms with van der Waals surface area (Å²) < 4.78 is 5.95. The minimum atomic E-state index is -0.264. The molecule has 3 aromatic rings. The zero-order chi connectivity index (χ0) is 21.2. The molecule has 5 nitrogen and oxygen atoms in total. The quantitative estimate of drug-likeness (QED) is 0.386. The predicted molar refractivity (Wildman–Crippen MR) is 121 cm³/mol. The van der Waals surface area contributed by atoms with E-state index in [0.717, 1.165) is 28.0 Å². The van der Waals surface area contributed by atoms with Gasteiger partial charge in [-0.1, -0.05) is 61.2 Å². The summed E-state index contributed by atoms with van der Waals surface area (Å²) in [6.45, 7) is 6.69. The summed E-state index contributed by atoms with van der Waals surface area (Å²) in [4.78, 5) is 16.1. The van der Waals surface area contributed by atoms with Crippen LogP contribution in [0.5, 0.6) is 0 Å². The SMILES string of the molecule is C=C/C(=C(\C)OCc1ccc(NC(=O)NCc2cccnc2)cc1)c1ccccc1. The molecule has 0 bridgehead atoms. The number of carbonyl (C=O) groups is 1. The van der Waals surface area contributed by atoms with Gasteiger partial charge >= 0.3 is 6.03 Å². The van der Waals surface area contributed by atoms with Gasteiger partial charge in [-0.05, 0) is 41.8 Å². The topological polar surface area (TPSA) is 63.2 Å². The molecule has 1 heterocycles. The molecule has 5 heteroatoms. The van der Waals surface area contributed by atoms with Gasteiger partial charge in [-0.25, -0.2) is 4.79 Å². The van der Waals surface area contributed by atoms with Crippen molar-refractivity contribution in [3.8, 4) is 0 Å². The molecule has 30 heavy (non-hydrogen) atoms. The van der Waals surface area contributed by atoms with Crippen LogP contribution in [-0.2, 0) is 17.9 Å². The minimum absolute atomic E-state index is 0.264. The molecule has 0 radical (unpaired) electrons. The van der Waals surface area contributed by atoms with Gasteiger partial charge in [0.05, 0.1) is 0 Å². The first-order chi connectivity index (χ1) is 14.7. The molecule has 0 aliphatic heterocycles. The molecule has 1 aromatic heterocycles. The second kappa shape index (κ2) is 10.6. The molecule has 0 unspecified atom stereocenters. The van der Waals surface area contributed by atoms with Crippen molar-refractivity contribution in [1.82, 2.24) is 10.3 Å². The molecule has 3 rings (SSSR count). The second-order valence-corrected chi connectivity index (χ2v) is 6.69. The first-order valence-electron chi connectivity index (χ1n) is 9.70. The number of hydrogen-bond acceptors (Lipinski definition) is 3. The number of carbonyl (C=O) groups excluding carboxylic acids is 1. The number of allylic oxidation sites excluding steroid dienone is 3. The Hall–Kier alpha value is -3.86. The molecule has 2 aromatic carbocycles. The maximum absolute atomic E-state index is 12.0. The van der Waals surface area contributed by atoms with Crippen molar-refractivity contribution in [2.75, 3.05) is 5.32 Å². The van der Waals surface area contributed by atoms with Crippen LogP contribution in [-0.4, -0.2) is 11.0 Å². The molecular formula is C25H25N3O2. The number of nitrogens with zero attached hydrogens (tertiary/aromatic N) is 1. The zero-order valence-electron chi connectivity index (χ0n) is 17.0. The predicted octanol–water partition coefficient (Wildman–Crippen LogP) is 5.54. The van der Waals surface area contributed by atoms with E-state index in [4.69, 9.17) is 4.74 Å². The summed E-state index contributed by atoms with van der Waals surface area (Å²) in [6.07, 6.45) is 5.23. The van der Waals surface area contributed by atoms with Gasteiger partial charge in [0.2, 0.25) is 0 Å². The van der Waals surface area contributed by atoms with Crippen LogP contribution in [0.25, 0.3) is 5.57 Å². The summed E-state index contributed by atoms with van der Waals surface area (Å²) >= 11 is 0. The Balaban J connectivity index is 1.52. The highest BCUT2D eigenvalue weighted by Gasteiger charge is 2.05. The summed E-state index contributed by atoms with van der Waals surface area (Å²) in [7, 11) is 0. The van der Waals surface area contributed by atoms with Crippen molar-refractivity contribution < 1.29 is 9.53 Å². The number of nitrogens with one attached hydrogen (secondary N) is 2. The number of aromatic nitrogens is 1. The van der Waals surface area contributed by atoms with E-state index in [1.807, 2.05) is 79.7 Å². The lowest BCUT2D eigenvalue weighted by Crippen LogP contribution is -2.28. The Kier molecular flexibility index (Phi) is 7.39. The zero-order valence-corrected chi connectivity index (χ0v) is 17.0. The molecule has 2 N–H and O–H groups in total. The number of rotatable bonds is 8. The number of pyridine rings is 1. The fourth-order valence-corrected chi connectivity index (χ4v) is 2.90. The standard InChI is InChI=1S/C25H25N3O2/c1-3-24(22-9-5-4-6-10-22)19(2)30-18-20-11-13-23(14-12-20)28-25(29)27-17-21-8-7-15-26-16-21/h3-16H,1,17-18H2,2H3,(H2,27,28,29)/b24-19-. The first-order valence-corrected chi connectivity index (χ1v) is 9.70. The third-order valence-electron chi connectivity index (χ3n) is 4.51. The van der Waals surface area contributed by atoms with E-state index in [9.17, 15) is 4.79 Å². The van der Waals surface area contributed by atoms with E-state index in [-0.39, 0.29) is 6.03 Å². The number of anilines is 1. The largest absolute Gasteiger partial charge is 0.493 e. The van der Waals surface area contributed by atoms with Crippen molar-refractivity contribution in [2.45, 2.75) is 20.1 Å². The summed E-state index contributed by atoms with van der Waals surface area (Å²) in [5.41, 5.74) is 4.71. The minimum Gasteiger partial charge on any atom is -0.493 e. The van der Waals surface area contributed by atoms with E-state index in [1.54, 1.807) is 12.4 Å². The average Bonchev–Trinajstić information content (AvgIpc) is 2.79. The molecule has 0 aliphatic carbocycles. The van der Waals surface area contributed by atoms with Gasteiger partial charge in [0, 0.05) is 30.2 Å². The average molecular weight is 399 g/mol. The maximum Gasteiger partial charge on any atom is 0.319 e.